The number of ether oxygens (including phenoxy) is 1. The number of carbonyl (C=O) groups is 2. The van der Waals surface area contributed by atoms with E-state index in [1.165, 1.54) is 24.3 Å². The Morgan fingerprint density at radius 3 is 2.65 bits per heavy atom. The summed E-state index contributed by atoms with van der Waals surface area (Å²) in [5, 5.41) is 18.2. The predicted molar refractivity (Wildman–Crippen MR) is 60.7 cm³/mol. The molecule has 0 saturated carbocycles. The number of esters is 1. The topological polar surface area (TPSA) is 83.8 Å². The highest BCUT2D eigenvalue weighted by Gasteiger charge is 2.06. The lowest BCUT2D eigenvalue weighted by molar-refractivity contribution is -0.137. The molecule has 0 aromatic heterocycles. The van der Waals surface area contributed by atoms with Gasteiger partial charge < -0.3 is 14.9 Å². The zero-order chi connectivity index (χ0) is 12.8. The van der Waals surface area contributed by atoms with Gasteiger partial charge in [0, 0.05) is 11.6 Å². The number of aromatic carboxylic acids is 1. The Labute approximate surface area is 98.0 Å². The lowest BCUT2D eigenvalue weighted by atomic mass is 10.1. The highest BCUT2D eigenvalue weighted by atomic mass is 16.5. The monoisotopic (exact) mass is 236 g/mol. The first-order valence-corrected chi connectivity index (χ1v) is 4.95. The van der Waals surface area contributed by atoms with Gasteiger partial charge in [0.1, 0.15) is 5.75 Å². The molecule has 0 heterocycles. The second-order valence-corrected chi connectivity index (χ2v) is 3.16. The van der Waals surface area contributed by atoms with E-state index in [2.05, 4.69) is 4.74 Å². The van der Waals surface area contributed by atoms with Crippen molar-refractivity contribution < 1.29 is 24.5 Å². The van der Waals surface area contributed by atoms with Gasteiger partial charge in [-0.1, -0.05) is 6.07 Å². The molecule has 90 valence electrons. The Morgan fingerprint density at radius 2 is 2.12 bits per heavy atom. The number of phenols is 1. The number of rotatable bonds is 4. The second-order valence-electron chi connectivity index (χ2n) is 3.16. The fraction of sp³-hybridized carbons (Fsp3) is 0.167. The van der Waals surface area contributed by atoms with E-state index in [0.717, 1.165) is 6.07 Å². The molecule has 0 aliphatic rings. The van der Waals surface area contributed by atoms with Crippen molar-refractivity contribution in [1.29, 1.82) is 0 Å². The van der Waals surface area contributed by atoms with Crippen molar-refractivity contribution in [3.05, 3.63) is 35.4 Å². The smallest absolute Gasteiger partial charge is 0.335 e. The molecule has 17 heavy (non-hydrogen) atoms. The minimum Gasteiger partial charge on any atom is -0.507 e. The molecule has 0 fully saturated rings. The number of hydrogen-bond acceptors (Lipinski definition) is 4. The summed E-state index contributed by atoms with van der Waals surface area (Å²) in [6.07, 6.45) is 2.53. The van der Waals surface area contributed by atoms with Gasteiger partial charge in [0.15, 0.2) is 0 Å². The fourth-order valence-electron chi connectivity index (χ4n) is 1.17. The van der Waals surface area contributed by atoms with Gasteiger partial charge in [-0.3, -0.25) is 0 Å². The van der Waals surface area contributed by atoms with Crippen molar-refractivity contribution in [2.24, 2.45) is 0 Å². The summed E-state index contributed by atoms with van der Waals surface area (Å²) in [5.41, 5.74) is 0.332. The zero-order valence-corrected chi connectivity index (χ0v) is 9.21. The van der Waals surface area contributed by atoms with Crippen LogP contribution in [0.2, 0.25) is 0 Å². The van der Waals surface area contributed by atoms with E-state index >= 15 is 0 Å². The van der Waals surface area contributed by atoms with E-state index in [1.54, 1.807) is 6.92 Å². The molecule has 2 N–H and O–H groups in total. The first kappa shape index (κ1) is 12.8. The molecule has 0 aliphatic carbocycles. The van der Waals surface area contributed by atoms with Crippen LogP contribution in [0, 0.1) is 0 Å². The Bertz CT molecular complexity index is 462. The Morgan fingerprint density at radius 1 is 1.41 bits per heavy atom. The molecule has 0 atom stereocenters. The number of phenolic OH excluding ortho intramolecular Hbond substituents is 1. The van der Waals surface area contributed by atoms with Crippen LogP contribution >= 0.6 is 0 Å². The first-order valence-electron chi connectivity index (χ1n) is 4.95. The van der Waals surface area contributed by atoms with Crippen LogP contribution in [0.15, 0.2) is 24.3 Å². The summed E-state index contributed by atoms with van der Waals surface area (Å²) >= 11 is 0. The summed E-state index contributed by atoms with van der Waals surface area (Å²) in [4.78, 5) is 21.6. The number of carboxylic acids is 1. The molecule has 0 bridgehead atoms. The molecule has 5 heteroatoms. The SMILES string of the molecule is CCOC(=O)C=Cc1ccc(C(=O)O)cc1O. The van der Waals surface area contributed by atoms with Crippen LogP contribution in [0.1, 0.15) is 22.8 Å². The highest BCUT2D eigenvalue weighted by molar-refractivity contribution is 5.90. The van der Waals surface area contributed by atoms with Gasteiger partial charge in [0.05, 0.1) is 12.2 Å². The molecule has 0 saturated heterocycles. The lowest BCUT2D eigenvalue weighted by Gasteiger charge is -2.00. The van der Waals surface area contributed by atoms with E-state index in [9.17, 15) is 14.7 Å². The van der Waals surface area contributed by atoms with Gasteiger partial charge in [0.2, 0.25) is 0 Å². The van der Waals surface area contributed by atoms with E-state index in [0.29, 0.717) is 5.56 Å². The quantitative estimate of drug-likeness (QED) is 0.613. The molecule has 0 radical (unpaired) electrons. The predicted octanol–water partition coefficient (Wildman–Crippen LogP) is 1.67. The Kier molecular flexibility index (Phi) is 4.28. The van der Waals surface area contributed by atoms with Gasteiger partial charge in [-0.05, 0) is 25.1 Å². The minimum absolute atomic E-state index is 0.0178. The number of carbonyl (C=O) groups excluding carboxylic acids is 1. The summed E-state index contributed by atoms with van der Waals surface area (Å²) in [6.45, 7) is 1.96. The molecule has 0 amide bonds. The van der Waals surface area contributed by atoms with E-state index in [1.807, 2.05) is 0 Å². The average molecular weight is 236 g/mol. The molecule has 0 aliphatic heterocycles. The first-order chi connectivity index (χ1) is 8.04. The normalized spacial score (nSPS) is 10.4. The summed E-state index contributed by atoms with van der Waals surface area (Å²) in [7, 11) is 0. The van der Waals surface area contributed by atoms with Crippen LogP contribution in [0.4, 0.5) is 0 Å². The third-order valence-corrected chi connectivity index (χ3v) is 1.96. The molecule has 0 spiro atoms. The van der Waals surface area contributed by atoms with Crippen LogP contribution in [0.25, 0.3) is 6.08 Å². The van der Waals surface area contributed by atoms with Crippen molar-refractivity contribution in [2.75, 3.05) is 6.61 Å². The van der Waals surface area contributed by atoms with Gasteiger partial charge >= 0.3 is 11.9 Å². The van der Waals surface area contributed by atoms with Crippen LogP contribution in [0.5, 0.6) is 5.75 Å². The van der Waals surface area contributed by atoms with E-state index < -0.39 is 11.9 Å². The van der Waals surface area contributed by atoms with Crippen LogP contribution < -0.4 is 0 Å². The molecule has 1 rings (SSSR count). The molecule has 0 unspecified atom stereocenters. The van der Waals surface area contributed by atoms with Crippen LogP contribution in [0.3, 0.4) is 0 Å². The number of hydrogen-bond donors (Lipinski definition) is 2. The fourth-order valence-corrected chi connectivity index (χ4v) is 1.17. The van der Waals surface area contributed by atoms with Crippen molar-refractivity contribution in [3.63, 3.8) is 0 Å². The molecular weight excluding hydrogens is 224 g/mol. The lowest BCUT2D eigenvalue weighted by Crippen LogP contribution is -1.99. The standard InChI is InChI=1S/C12H12O5/c1-2-17-11(14)6-5-8-3-4-9(12(15)16)7-10(8)13/h3-7,13H,2H2,1H3,(H,15,16). The molecular formula is C12H12O5. The number of aromatic hydroxyl groups is 1. The Balaban J connectivity index is 2.86. The van der Waals surface area contributed by atoms with Crippen molar-refractivity contribution in [1.82, 2.24) is 0 Å². The third-order valence-electron chi connectivity index (χ3n) is 1.96. The van der Waals surface area contributed by atoms with Gasteiger partial charge in [-0.25, -0.2) is 9.59 Å². The van der Waals surface area contributed by atoms with E-state index in [-0.39, 0.29) is 17.9 Å². The third kappa shape index (κ3) is 3.64. The van der Waals surface area contributed by atoms with Crippen molar-refractivity contribution in [2.45, 2.75) is 6.92 Å². The van der Waals surface area contributed by atoms with Crippen molar-refractivity contribution in [3.8, 4) is 5.75 Å². The molecule has 1 aromatic carbocycles. The minimum atomic E-state index is -1.12. The maximum absolute atomic E-state index is 11.0. The summed E-state index contributed by atoms with van der Waals surface area (Å²) < 4.78 is 4.66. The maximum Gasteiger partial charge on any atom is 0.335 e. The summed E-state index contributed by atoms with van der Waals surface area (Å²) in [5.74, 6) is -1.85. The van der Waals surface area contributed by atoms with Crippen LogP contribution in [-0.4, -0.2) is 28.8 Å². The average Bonchev–Trinajstić information content (AvgIpc) is 2.27. The van der Waals surface area contributed by atoms with Gasteiger partial charge in [-0.2, -0.15) is 0 Å². The maximum atomic E-state index is 11.0. The van der Waals surface area contributed by atoms with Crippen molar-refractivity contribution >= 4 is 18.0 Å². The summed E-state index contributed by atoms with van der Waals surface area (Å²) in [6, 6.07) is 3.87. The largest absolute Gasteiger partial charge is 0.507 e. The Hall–Kier alpha value is -2.30. The van der Waals surface area contributed by atoms with Gasteiger partial charge in [0.25, 0.3) is 0 Å². The number of benzene rings is 1. The highest BCUT2D eigenvalue weighted by Crippen LogP contribution is 2.20. The molecule has 1 aromatic rings. The van der Waals surface area contributed by atoms with E-state index in [4.69, 9.17) is 5.11 Å². The second kappa shape index (κ2) is 5.69. The van der Waals surface area contributed by atoms with Crippen LogP contribution in [-0.2, 0) is 9.53 Å². The molecule has 5 nitrogen and oxygen atoms in total. The zero-order valence-electron chi connectivity index (χ0n) is 9.21. The number of carboxylic acid groups (broad SMARTS) is 1. The van der Waals surface area contributed by atoms with Gasteiger partial charge in [-0.15, -0.1) is 0 Å².